The monoisotopic (exact) mass is 573 g/mol. The molecular weight excluding hydrogens is 538 g/mol. The van der Waals surface area contributed by atoms with Crippen molar-refractivity contribution in [2.45, 2.75) is 70.8 Å². The molecule has 1 fully saturated rings. The van der Waals surface area contributed by atoms with E-state index in [2.05, 4.69) is 0 Å². The molecule has 12 nitrogen and oxygen atoms in total. The highest BCUT2D eigenvalue weighted by Gasteiger charge is 2.60. The number of nitriles is 1. The van der Waals surface area contributed by atoms with Crippen molar-refractivity contribution in [3.8, 4) is 11.8 Å². The summed E-state index contributed by atoms with van der Waals surface area (Å²) in [5.41, 5.74) is 0.796. The first-order valence-corrected chi connectivity index (χ1v) is 12.1. The number of aliphatic hydroxyl groups is 1. The highest BCUT2D eigenvalue weighted by atomic mass is 16.7. The molecule has 1 aliphatic heterocycles. The number of ether oxygens (including phenoxy) is 6. The zero-order chi connectivity index (χ0) is 33.0. The van der Waals surface area contributed by atoms with Crippen LogP contribution in [0.1, 0.15) is 49.8 Å². The summed E-state index contributed by atoms with van der Waals surface area (Å²) in [5, 5.41) is 21.6. The van der Waals surface area contributed by atoms with Crippen LogP contribution >= 0.6 is 0 Å². The molecule has 0 spiro atoms. The predicted octanol–water partition coefficient (Wildman–Crippen LogP) is 2.23. The molecule has 0 aliphatic carbocycles. The van der Waals surface area contributed by atoms with Crippen molar-refractivity contribution in [1.29, 1.82) is 5.26 Å². The summed E-state index contributed by atoms with van der Waals surface area (Å²) in [6, 6.07) is 15.0. The quantitative estimate of drug-likeness (QED) is 0.326. The fourth-order valence-electron chi connectivity index (χ4n) is 4.29. The Morgan fingerprint density at radius 3 is 2.24 bits per heavy atom. The average molecular weight is 574 g/mol. The predicted molar refractivity (Wildman–Crippen MR) is 139 cm³/mol. The van der Waals surface area contributed by atoms with Crippen molar-refractivity contribution in [3.05, 3.63) is 65.2 Å². The first kappa shape index (κ1) is 25.5. The number of nitrogens with zero attached hydrogens (tertiary/aromatic N) is 1. The summed E-state index contributed by atoms with van der Waals surface area (Å²) in [5.74, 6) is -6.80. The van der Waals surface area contributed by atoms with Crippen molar-refractivity contribution >= 4 is 23.9 Å². The molecule has 0 aromatic heterocycles. The number of benzene rings is 2. The Bertz CT molecular complexity index is 1390. The third-order valence-electron chi connectivity index (χ3n) is 5.93. The summed E-state index contributed by atoms with van der Waals surface area (Å²) >= 11 is 0. The Hall–Kier alpha value is -4.47. The average Bonchev–Trinajstić information content (AvgIpc) is 3.06. The van der Waals surface area contributed by atoms with Gasteiger partial charge in [-0.1, -0.05) is 30.3 Å². The van der Waals surface area contributed by atoms with E-state index in [4.69, 9.17) is 33.9 Å². The first-order valence-electron chi connectivity index (χ1n) is 14.9. The Labute approximate surface area is 242 Å². The Kier molecular flexibility index (Phi) is 8.54. The Morgan fingerprint density at radius 2 is 1.59 bits per heavy atom. The molecule has 41 heavy (non-hydrogen) atoms. The highest BCUT2D eigenvalue weighted by molar-refractivity contribution is 5.69. The summed E-state index contributed by atoms with van der Waals surface area (Å²) in [6.45, 7) is -4.41. The smallest absolute Gasteiger partial charge is 0.303 e. The van der Waals surface area contributed by atoms with E-state index in [9.17, 15) is 29.5 Å². The number of hydrogen-bond donors (Lipinski definition) is 1. The molecule has 0 amide bonds. The fraction of sp³-hybridized carbons (Fsp3) is 0.414. The zero-order valence-electron chi connectivity index (χ0n) is 25.9. The molecule has 5 atom stereocenters. The van der Waals surface area contributed by atoms with Gasteiger partial charge in [-0.15, -0.1) is 0 Å². The van der Waals surface area contributed by atoms with Crippen molar-refractivity contribution in [2.24, 2.45) is 0 Å². The number of para-hydroxylation sites is 1. The second-order valence-corrected chi connectivity index (χ2v) is 8.78. The van der Waals surface area contributed by atoms with Crippen molar-refractivity contribution in [1.82, 2.24) is 0 Å². The molecule has 0 saturated carbocycles. The molecule has 1 saturated heterocycles. The van der Waals surface area contributed by atoms with Gasteiger partial charge in [0.15, 0.2) is 12.2 Å². The lowest BCUT2D eigenvalue weighted by Crippen LogP contribution is -2.66. The third-order valence-corrected chi connectivity index (χ3v) is 5.93. The number of rotatable bonds is 10. The van der Waals surface area contributed by atoms with E-state index in [1.807, 2.05) is 6.07 Å². The Morgan fingerprint density at radius 1 is 0.927 bits per heavy atom. The van der Waals surface area contributed by atoms with Crippen molar-refractivity contribution in [2.75, 3.05) is 6.61 Å². The minimum atomic E-state index is -2.74. The van der Waals surface area contributed by atoms with Crippen LogP contribution in [-0.2, 0) is 61.7 Å². The van der Waals surface area contributed by atoms with Crippen LogP contribution in [-0.4, -0.2) is 60.0 Å². The number of hydrogen-bond acceptors (Lipinski definition) is 12. The number of carbonyl (C=O) groups is 4. The molecule has 0 bridgehead atoms. The number of carbonyl (C=O) groups excluding carboxylic acids is 4. The lowest BCUT2D eigenvalue weighted by molar-refractivity contribution is -0.360. The molecular formula is C29H31NO11. The fourth-order valence-corrected chi connectivity index (χ4v) is 4.29. The summed E-state index contributed by atoms with van der Waals surface area (Å²) in [6.07, 6.45) is -7.35. The van der Waals surface area contributed by atoms with Crippen LogP contribution in [0.2, 0.25) is 0 Å². The maximum atomic E-state index is 12.4. The molecule has 3 rings (SSSR count). The second-order valence-electron chi connectivity index (χ2n) is 8.78. The van der Waals surface area contributed by atoms with E-state index >= 15 is 0 Å². The molecule has 2 aromatic rings. The van der Waals surface area contributed by atoms with E-state index < -0.39 is 88.3 Å². The van der Waals surface area contributed by atoms with Gasteiger partial charge in [-0.2, -0.15) is 5.26 Å². The van der Waals surface area contributed by atoms with Gasteiger partial charge >= 0.3 is 23.9 Å². The molecule has 1 aliphatic rings. The van der Waals surface area contributed by atoms with Crippen LogP contribution in [0.15, 0.2) is 48.5 Å². The Balaban J connectivity index is 2.18. The van der Waals surface area contributed by atoms with E-state index in [0.29, 0.717) is 16.9 Å². The van der Waals surface area contributed by atoms with E-state index in [1.54, 1.807) is 30.3 Å². The van der Waals surface area contributed by atoms with Gasteiger partial charge in [-0.3, -0.25) is 19.2 Å². The molecule has 2 aromatic carbocycles. The topological polar surface area (TPSA) is 168 Å². The zero-order valence-corrected chi connectivity index (χ0v) is 21.9. The highest BCUT2D eigenvalue weighted by Crippen LogP contribution is 2.41. The minimum Gasteiger partial charge on any atom is -0.489 e. The molecule has 218 valence electrons. The maximum absolute atomic E-state index is 12.4. The normalized spacial score (nSPS) is 24.7. The van der Waals surface area contributed by atoms with E-state index in [-0.39, 0.29) is 18.6 Å². The molecule has 12 heteroatoms. The van der Waals surface area contributed by atoms with Gasteiger partial charge < -0.3 is 33.5 Å². The summed E-state index contributed by atoms with van der Waals surface area (Å²) < 4.78 is 62.2. The van der Waals surface area contributed by atoms with Gasteiger partial charge in [0.2, 0.25) is 11.9 Å². The van der Waals surface area contributed by atoms with Crippen LogP contribution in [0.5, 0.6) is 5.75 Å². The van der Waals surface area contributed by atoms with E-state index in [1.165, 1.54) is 18.2 Å². The number of esters is 4. The maximum Gasteiger partial charge on any atom is 0.303 e. The van der Waals surface area contributed by atoms with Crippen LogP contribution in [0.3, 0.4) is 0 Å². The lowest BCUT2D eigenvalue weighted by atomic mass is 9.86. The molecule has 1 heterocycles. The van der Waals surface area contributed by atoms with Crippen LogP contribution in [0.4, 0.5) is 0 Å². The van der Waals surface area contributed by atoms with Crippen LogP contribution in [0.25, 0.3) is 0 Å². The lowest BCUT2D eigenvalue weighted by Gasteiger charge is -2.48. The summed E-state index contributed by atoms with van der Waals surface area (Å²) in [4.78, 5) is 48.9. The molecule has 1 N–H and O–H groups in total. The van der Waals surface area contributed by atoms with E-state index in [0.717, 1.165) is 0 Å². The minimum absolute atomic E-state index is 0.0507. The third kappa shape index (κ3) is 8.03. The van der Waals surface area contributed by atoms with Gasteiger partial charge in [0.1, 0.15) is 25.1 Å². The van der Waals surface area contributed by atoms with Crippen LogP contribution < -0.4 is 4.74 Å². The van der Waals surface area contributed by atoms with Crippen molar-refractivity contribution < 1.29 is 58.2 Å². The van der Waals surface area contributed by atoms with Gasteiger partial charge in [-0.25, -0.2) is 0 Å². The second kappa shape index (κ2) is 13.7. The van der Waals surface area contributed by atoms with Gasteiger partial charge in [0.25, 0.3) is 0 Å². The van der Waals surface area contributed by atoms with Gasteiger partial charge in [0.05, 0.1) is 12.5 Å². The summed E-state index contributed by atoms with van der Waals surface area (Å²) in [7, 11) is 0. The van der Waals surface area contributed by atoms with Crippen molar-refractivity contribution in [3.63, 3.8) is 0 Å². The molecule has 1 unspecified atom stereocenters. The first-order chi connectivity index (χ1) is 21.6. The van der Waals surface area contributed by atoms with Gasteiger partial charge in [0, 0.05) is 38.6 Å². The SMILES string of the molecule is [2H]CC(=O)OC[C@H]1OC(O)(c2ccc(CC#N)c(COc3ccccc3)c2)[C@H](OC(=O)C[2H])[C@@H](OC(=O)C[2H])[C@@H]1OC(=O)C[2H]. The van der Waals surface area contributed by atoms with Gasteiger partial charge in [-0.05, 0) is 29.3 Å². The molecule has 0 radical (unpaired) electrons. The largest absolute Gasteiger partial charge is 0.489 e. The standard InChI is InChI=1S/C29H31NO11/c1-17(31)36-16-25-26(38-18(2)32)27(39-19(3)33)28(40-20(4)34)29(35,41-25)23-11-10-21(12-13-30)22(14-23)15-37-24-8-6-5-7-9-24/h5-11,14,25-28,35H,12,15-16H2,1-4H3/t25-,26-,27+,28-,29?/m1/s1/i1D,2D,3D,4D. The van der Waals surface area contributed by atoms with Crippen LogP contribution in [0, 0.1) is 11.3 Å².